The Bertz CT molecular complexity index is 4330. The van der Waals surface area contributed by atoms with E-state index in [0.717, 1.165) is 94.2 Å². The second kappa shape index (κ2) is 18.0. The number of hydrogen-bond donors (Lipinski definition) is 0. The topological polar surface area (TPSA) is 48.5 Å². The number of nitrogens with zero attached hydrogens (tertiary/aromatic N) is 5. The van der Waals surface area contributed by atoms with E-state index in [1.165, 1.54) is 21.9 Å². The van der Waals surface area contributed by atoms with Crippen molar-refractivity contribution >= 4 is 43.6 Å². The van der Waals surface area contributed by atoms with Crippen LogP contribution in [0.2, 0.25) is 0 Å². The maximum Gasteiger partial charge on any atom is 0.238 e. The fraction of sp³-hybridized carbons (Fsp3) is 0. The predicted molar refractivity (Wildman–Crippen MR) is 307 cm³/mol. The van der Waals surface area contributed by atoms with Crippen molar-refractivity contribution in [2.45, 2.75) is 0 Å². The van der Waals surface area contributed by atoms with Crippen LogP contribution in [0.3, 0.4) is 0 Å². The first-order chi connectivity index (χ1) is 36.7. The van der Waals surface area contributed by atoms with Crippen LogP contribution in [0.15, 0.2) is 273 Å². The molecule has 3 heterocycles. The van der Waals surface area contributed by atoms with Gasteiger partial charge in [0, 0.05) is 43.8 Å². The minimum Gasteiger partial charge on any atom is -0.309 e. The molecule has 0 saturated carbocycles. The molecule has 0 atom stereocenters. The van der Waals surface area contributed by atoms with E-state index in [2.05, 4.69) is 264 Å². The molecule has 0 radical (unpaired) electrons. The molecule has 74 heavy (non-hydrogen) atoms. The zero-order valence-corrected chi connectivity index (χ0v) is 40.2. The molecule has 0 saturated heterocycles. The smallest absolute Gasteiger partial charge is 0.238 e. The third kappa shape index (κ3) is 7.46. The third-order valence-electron chi connectivity index (χ3n) is 14.4. The molecule has 3 aromatic heterocycles. The second-order valence-electron chi connectivity index (χ2n) is 18.8. The fourth-order valence-corrected chi connectivity index (χ4v) is 10.9. The van der Waals surface area contributed by atoms with Crippen LogP contribution >= 0.6 is 0 Å². The van der Waals surface area contributed by atoms with Crippen LogP contribution in [0.5, 0.6) is 0 Å². The molecule has 14 rings (SSSR count). The molecule has 0 aliphatic heterocycles. The Hall–Kier alpha value is -9.97. The molecule has 0 aliphatic rings. The van der Waals surface area contributed by atoms with E-state index in [1.807, 2.05) is 18.2 Å². The largest absolute Gasteiger partial charge is 0.309 e. The van der Waals surface area contributed by atoms with Crippen molar-refractivity contribution in [2.24, 2.45) is 0 Å². The predicted octanol–water partition coefficient (Wildman–Crippen LogP) is 17.7. The summed E-state index contributed by atoms with van der Waals surface area (Å²) in [5.41, 5.74) is 18.7. The normalized spacial score (nSPS) is 11.5. The molecule has 0 N–H and O–H groups in total. The molecular weight excluding hydrogens is 899 g/mol. The van der Waals surface area contributed by atoms with Crippen molar-refractivity contribution in [1.82, 2.24) is 24.1 Å². The van der Waals surface area contributed by atoms with E-state index < -0.39 is 0 Å². The van der Waals surface area contributed by atoms with Gasteiger partial charge in [-0.05, 0) is 87.0 Å². The Labute approximate surface area is 428 Å². The summed E-state index contributed by atoms with van der Waals surface area (Å²) in [7, 11) is 0. The van der Waals surface area contributed by atoms with Crippen LogP contribution in [0.1, 0.15) is 0 Å². The molecule has 0 spiro atoms. The van der Waals surface area contributed by atoms with Gasteiger partial charge < -0.3 is 4.57 Å². The third-order valence-corrected chi connectivity index (χ3v) is 14.4. The van der Waals surface area contributed by atoms with Crippen molar-refractivity contribution < 1.29 is 0 Å². The van der Waals surface area contributed by atoms with Crippen LogP contribution in [0, 0.1) is 0 Å². The van der Waals surface area contributed by atoms with Crippen LogP contribution in [0.25, 0.3) is 134 Å². The van der Waals surface area contributed by atoms with Gasteiger partial charge in [0.25, 0.3) is 0 Å². The Morgan fingerprint density at radius 3 is 1.26 bits per heavy atom. The number of benzene rings is 11. The van der Waals surface area contributed by atoms with Gasteiger partial charge in [-0.15, -0.1) is 0 Å². The summed E-state index contributed by atoms with van der Waals surface area (Å²) in [5, 5.41) is 4.70. The van der Waals surface area contributed by atoms with Gasteiger partial charge in [-0.2, -0.15) is 9.97 Å². The van der Waals surface area contributed by atoms with Gasteiger partial charge in [0.2, 0.25) is 5.95 Å². The lowest BCUT2D eigenvalue weighted by molar-refractivity contribution is 0.954. The molecule has 0 amide bonds. The Balaban J connectivity index is 0.936. The molecule has 0 bridgehead atoms. The first kappa shape index (κ1) is 42.9. The van der Waals surface area contributed by atoms with E-state index in [1.54, 1.807) is 0 Å². The minimum absolute atomic E-state index is 0.552. The van der Waals surface area contributed by atoms with E-state index in [4.69, 9.17) is 15.0 Å². The van der Waals surface area contributed by atoms with Gasteiger partial charge in [-0.3, -0.25) is 4.57 Å². The first-order valence-corrected chi connectivity index (χ1v) is 25.1. The second-order valence-corrected chi connectivity index (χ2v) is 18.8. The molecule has 346 valence electrons. The van der Waals surface area contributed by atoms with Crippen molar-refractivity contribution in [3.8, 4) is 90.0 Å². The lowest BCUT2D eigenvalue weighted by Crippen LogP contribution is -2.07. The molecule has 0 aliphatic carbocycles. The monoisotopic (exact) mass is 943 g/mol. The summed E-state index contributed by atoms with van der Waals surface area (Å²) in [5.74, 6) is 1.75. The summed E-state index contributed by atoms with van der Waals surface area (Å²) in [6.45, 7) is 0. The zero-order chi connectivity index (χ0) is 49.0. The Morgan fingerprint density at radius 1 is 0.230 bits per heavy atom. The quantitative estimate of drug-likeness (QED) is 0.145. The van der Waals surface area contributed by atoms with E-state index in [0.29, 0.717) is 17.6 Å². The molecule has 14 aromatic rings. The van der Waals surface area contributed by atoms with Gasteiger partial charge in [-0.25, -0.2) is 4.98 Å². The van der Waals surface area contributed by atoms with Gasteiger partial charge in [0.1, 0.15) is 0 Å². The highest BCUT2D eigenvalue weighted by molar-refractivity contribution is 6.15. The van der Waals surface area contributed by atoms with Crippen molar-refractivity contribution in [2.75, 3.05) is 0 Å². The summed E-state index contributed by atoms with van der Waals surface area (Å²) in [6.07, 6.45) is 0. The lowest BCUT2D eigenvalue weighted by Gasteiger charge is -2.17. The van der Waals surface area contributed by atoms with E-state index in [-0.39, 0.29) is 0 Å². The molecule has 0 unspecified atom stereocenters. The molecule has 5 nitrogen and oxygen atoms in total. The summed E-state index contributed by atoms with van der Waals surface area (Å²) in [4.78, 5) is 16.0. The first-order valence-electron chi connectivity index (χ1n) is 25.1. The van der Waals surface area contributed by atoms with E-state index in [9.17, 15) is 0 Å². The number of fused-ring (bicyclic) bond motifs is 6. The standard InChI is InChI=1S/C69H45N5/c1-5-20-46(21-6-1)52-28-19-29-54(42-52)56-41-40-53(45-65(56)73-62-33-16-13-30-57(62)58-31-14-17-34-63(58)73)48-36-38-51(39-37-48)68-70-67(50-26-11-4-12-27-50)71-69(72-68)74-64-35-18-15-32-59(64)61-44-55(47-22-7-2-8-23-47)43-60(66(61)74)49-24-9-3-10-25-49/h1-45H. The number of hydrogen-bond acceptors (Lipinski definition) is 3. The van der Waals surface area contributed by atoms with Crippen LogP contribution < -0.4 is 0 Å². The van der Waals surface area contributed by atoms with Crippen LogP contribution in [0.4, 0.5) is 0 Å². The summed E-state index contributed by atoms with van der Waals surface area (Å²) < 4.78 is 4.67. The van der Waals surface area contributed by atoms with Crippen LogP contribution in [-0.4, -0.2) is 24.1 Å². The number of para-hydroxylation sites is 3. The summed E-state index contributed by atoms with van der Waals surface area (Å²) >= 11 is 0. The van der Waals surface area contributed by atoms with Crippen molar-refractivity contribution in [1.29, 1.82) is 0 Å². The molecular formula is C69H45N5. The van der Waals surface area contributed by atoms with E-state index >= 15 is 0 Å². The minimum atomic E-state index is 0.552. The molecule has 11 aromatic carbocycles. The number of aromatic nitrogens is 5. The van der Waals surface area contributed by atoms with Gasteiger partial charge in [0.15, 0.2) is 11.6 Å². The van der Waals surface area contributed by atoms with Crippen molar-refractivity contribution in [3.05, 3.63) is 273 Å². The summed E-state index contributed by atoms with van der Waals surface area (Å²) in [6, 6.07) is 97.2. The molecule has 0 fully saturated rings. The number of rotatable bonds is 9. The average Bonchev–Trinajstić information content (AvgIpc) is 4.02. The zero-order valence-electron chi connectivity index (χ0n) is 40.2. The molecule has 5 heteroatoms. The van der Waals surface area contributed by atoms with Gasteiger partial charge >= 0.3 is 0 Å². The van der Waals surface area contributed by atoms with Gasteiger partial charge in [0.05, 0.1) is 27.8 Å². The SMILES string of the molecule is c1ccc(-c2cccc(-c3ccc(-c4ccc(-c5nc(-c6ccccc6)nc(-n6c7ccccc7c7cc(-c8ccccc8)cc(-c8ccccc8)c76)n5)cc4)cc3-n3c4ccccc4c4ccccc43)c2)cc1. The fourth-order valence-electron chi connectivity index (χ4n) is 10.9. The Morgan fingerprint density at radius 2 is 0.649 bits per heavy atom. The lowest BCUT2D eigenvalue weighted by atomic mass is 9.95. The van der Waals surface area contributed by atoms with Crippen molar-refractivity contribution in [3.63, 3.8) is 0 Å². The van der Waals surface area contributed by atoms with Crippen LogP contribution in [-0.2, 0) is 0 Å². The Kier molecular flexibility index (Phi) is 10.4. The highest BCUT2D eigenvalue weighted by Crippen LogP contribution is 2.43. The van der Waals surface area contributed by atoms with Gasteiger partial charge in [-0.1, -0.05) is 231 Å². The average molecular weight is 944 g/mol. The maximum absolute atomic E-state index is 5.41. The highest BCUT2D eigenvalue weighted by atomic mass is 15.2. The highest BCUT2D eigenvalue weighted by Gasteiger charge is 2.23. The maximum atomic E-state index is 5.41.